The number of amides is 3. The lowest BCUT2D eigenvalue weighted by Gasteiger charge is -2.09. The summed E-state index contributed by atoms with van der Waals surface area (Å²) in [5.41, 5.74) is 0.522. The fourth-order valence-corrected chi connectivity index (χ4v) is 2.38. The zero-order chi connectivity index (χ0) is 19.9. The van der Waals surface area contributed by atoms with Crippen molar-refractivity contribution >= 4 is 29.0 Å². The van der Waals surface area contributed by atoms with Gasteiger partial charge in [-0.1, -0.05) is 18.2 Å². The van der Waals surface area contributed by atoms with E-state index in [1.165, 1.54) is 6.20 Å². The number of anilines is 3. The number of aromatic nitrogens is 2. The standard InChI is InChI=1S/C19H17N5O4/c25-16-10-11-24(19(28)23-16)12-17(26)20-14-6-8-15(9-7-14)22-18(27)21-13-4-2-1-3-5-13/h1-11H,12H2,(H,20,26)(H2,21,22,27)(H,23,25,28). The zero-order valence-corrected chi connectivity index (χ0v) is 14.6. The Bertz CT molecular complexity index is 1090. The van der Waals surface area contributed by atoms with Crippen molar-refractivity contribution in [1.82, 2.24) is 9.55 Å². The van der Waals surface area contributed by atoms with E-state index >= 15 is 0 Å². The van der Waals surface area contributed by atoms with E-state index in [0.717, 1.165) is 10.6 Å². The largest absolute Gasteiger partial charge is 0.328 e. The number of aromatic amines is 1. The van der Waals surface area contributed by atoms with Gasteiger partial charge >= 0.3 is 11.7 Å². The predicted molar refractivity (Wildman–Crippen MR) is 105 cm³/mol. The molecule has 1 aromatic heterocycles. The highest BCUT2D eigenvalue weighted by molar-refractivity contribution is 6.00. The molecule has 3 rings (SSSR count). The summed E-state index contributed by atoms with van der Waals surface area (Å²) in [7, 11) is 0. The molecule has 3 amide bonds. The van der Waals surface area contributed by atoms with E-state index in [2.05, 4.69) is 20.9 Å². The minimum atomic E-state index is -0.661. The number of urea groups is 1. The third kappa shape index (κ3) is 5.18. The molecular weight excluding hydrogens is 362 g/mol. The maximum Gasteiger partial charge on any atom is 0.328 e. The molecule has 0 bridgehead atoms. The number of nitrogens with zero attached hydrogens (tertiary/aromatic N) is 1. The highest BCUT2D eigenvalue weighted by Crippen LogP contribution is 2.14. The number of hydrogen-bond donors (Lipinski definition) is 4. The Labute approximate surface area is 159 Å². The summed E-state index contributed by atoms with van der Waals surface area (Å²) in [6.07, 6.45) is 1.25. The number of hydrogen-bond acceptors (Lipinski definition) is 4. The minimum absolute atomic E-state index is 0.241. The summed E-state index contributed by atoms with van der Waals surface area (Å²) in [4.78, 5) is 48.7. The van der Waals surface area contributed by atoms with Crippen LogP contribution in [-0.2, 0) is 11.3 Å². The van der Waals surface area contributed by atoms with Gasteiger partial charge in [0.25, 0.3) is 5.56 Å². The van der Waals surface area contributed by atoms with Crippen molar-refractivity contribution in [2.45, 2.75) is 6.54 Å². The minimum Gasteiger partial charge on any atom is -0.325 e. The molecule has 0 spiro atoms. The molecule has 0 aliphatic carbocycles. The molecule has 4 N–H and O–H groups in total. The molecule has 3 aromatic rings. The van der Waals surface area contributed by atoms with Crippen LogP contribution in [0.1, 0.15) is 0 Å². The van der Waals surface area contributed by atoms with E-state index in [0.29, 0.717) is 17.1 Å². The Hall–Kier alpha value is -4.14. The number of carbonyl (C=O) groups excluding carboxylic acids is 2. The Balaban J connectivity index is 1.55. The van der Waals surface area contributed by atoms with Gasteiger partial charge in [-0.3, -0.25) is 19.1 Å². The second-order valence-corrected chi connectivity index (χ2v) is 5.81. The van der Waals surface area contributed by atoms with Crippen LogP contribution in [-0.4, -0.2) is 21.5 Å². The van der Waals surface area contributed by atoms with E-state index in [-0.39, 0.29) is 12.6 Å². The van der Waals surface area contributed by atoms with Crippen molar-refractivity contribution in [3.63, 3.8) is 0 Å². The smallest absolute Gasteiger partial charge is 0.325 e. The van der Waals surface area contributed by atoms with Crippen LogP contribution in [0.3, 0.4) is 0 Å². The van der Waals surface area contributed by atoms with Gasteiger partial charge in [-0.05, 0) is 36.4 Å². The topological polar surface area (TPSA) is 125 Å². The Kier molecular flexibility index (Phi) is 5.66. The Morgan fingerprint density at radius 2 is 1.36 bits per heavy atom. The number of rotatable bonds is 5. The SMILES string of the molecule is O=C(Cn1ccc(=O)[nH]c1=O)Nc1ccc(NC(=O)Nc2ccccc2)cc1. The van der Waals surface area contributed by atoms with Gasteiger partial charge in [-0.25, -0.2) is 9.59 Å². The lowest BCUT2D eigenvalue weighted by atomic mass is 10.2. The molecule has 28 heavy (non-hydrogen) atoms. The Morgan fingerprint density at radius 3 is 1.96 bits per heavy atom. The first-order valence-electron chi connectivity index (χ1n) is 8.32. The van der Waals surface area contributed by atoms with Gasteiger partial charge in [0.2, 0.25) is 5.91 Å². The van der Waals surface area contributed by atoms with Crippen LogP contribution in [0.25, 0.3) is 0 Å². The second-order valence-electron chi connectivity index (χ2n) is 5.81. The number of nitrogens with one attached hydrogen (secondary N) is 4. The lowest BCUT2D eigenvalue weighted by molar-refractivity contribution is -0.116. The Morgan fingerprint density at radius 1 is 0.786 bits per heavy atom. The number of para-hydroxylation sites is 1. The molecule has 0 saturated heterocycles. The molecule has 0 aliphatic heterocycles. The average Bonchev–Trinajstić information content (AvgIpc) is 2.66. The van der Waals surface area contributed by atoms with Crippen molar-refractivity contribution in [3.05, 3.63) is 87.7 Å². The monoisotopic (exact) mass is 379 g/mol. The molecule has 2 aromatic carbocycles. The molecule has 0 saturated carbocycles. The molecule has 0 radical (unpaired) electrons. The summed E-state index contributed by atoms with van der Waals surface area (Å²) in [6.45, 7) is -0.241. The predicted octanol–water partition coefficient (Wildman–Crippen LogP) is 1.82. The summed E-state index contributed by atoms with van der Waals surface area (Å²) in [5, 5.41) is 8.01. The van der Waals surface area contributed by atoms with E-state index in [9.17, 15) is 19.2 Å². The first-order valence-corrected chi connectivity index (χ1v) is 8.32. The summed E-state index contributed by atoms with van der Waals surface area (Å²) in [5.74, 6) is -0.434. The molecule has 0 aliphatic rings. The number of carbonyl (C=O) groups is 2. The molecule has 0 atom stereocenters. The lowest BCUT2D eigenvalue weighted by Crippen LogP contribution is -2.32. The van der Waals surface area contributed by atoms with Gasteiger partial charge in [0.1, 0.15) is 6.54 Å². The summed E-state index contributed by atoms with van der Waals surface area (Å²) in [6, 6.07) is 16.3. The molecule has 9 nitrogen and oxygen atoms in total. The van der Waals surface area contributed by atoms with E-state index in [4.69, 9.17) is 0 Å². The van der Waals surface area contributed by atoms with Crippen molar-refractivity contribution in [2.75, 3.05) is 16.0 Å². The van der Waals surface area contributed by atoms with Crippen LogP contribution < -0.4 is 27.2 Å². The van der Waals surface area contributed by atoms with Gasteiger partial charge in [0.15, 0.2) is 0 Å². The quantitative estimate of drug-likeness (QED) is 0.539. The third-order valence-corrected chi connectivity index (χ3v) is 3.67. The molecule has 0 fully saturated rings. The van der Waals surface area contributed by atoms with Gasteiger partial charge in [0, 0.05) is 29.3 Å². The molecule has 9 heteroatoms. The summed E-state index contributed by atoms with van der Waals surface area (Å²) >= 11 is 0. The van der Waals surface area contributed by atoms with Crippen LogP contribution in [0, 0.1) is 0 Å². The van der Waals surface area contributed by atoms with Crippen molar-refractivity contribution in [1.29, 1.82) is 0 Å². The van der Waals surface area contributed by atoms with Gasteiger partial charge in [0.05, 0.1) is 0 Å². The average molecular weight is 379 g/mol. The van der Waals surface area contributed by atoms with Crippen LogP contribution in [0.15, 0.2) is 76.4 Å². The van der Waals surface area contributed by atoms with Crippen LogP contribution in [0.5, 0.6) is 0 Å². The number of H-pyrrole nitrogens is 1. The molecule has 142 valence electrons. The van der Waals surface area contributed by atoms with E-state index in [1.54, 1.807) is 36.4 Å². The molecule has 1 heterocycles. The van der Waals surface area contributed by atoms with Crippen LogP contribution >= 0.6 is 0 Å². The molecule has 0 unspecified atom stereocenters. The fraction of sp³-hybridized carbons (Fsp3) is 0.0526. The third-order valence-electron chi connectivity index (χ3n) is 3.67. The zero-order valence-electron chi connectivity index (χ0n) is 14.6. The molecular formula is C19H17N5O4. The van der Waals surface area contributed by atoms with Gasteiger partial charge < -0.3 is 16.0 Å². The van der Waals surface area contributed by atoms with Crippen molar-refractivity contribution in [2.24, 2.45) is 0 Å². The van der Waals surface area contributed by atoms with Gasteiger partial charge in [-0.2, -0.15) is 0 Å². The number of benzene rings is 2. The van der Waals surface area contributed by atoms with Gasteiger partial charge in [-0.15, -0.1) is 0 Å². The fourth-order valence-electron chi connectivity index (χ4n) is 2.38. The van der Waals surface area contributed by atoms with Crippen molar-refractivity contribution < 1.29 is 9.59 Å². The van der Waals surface area contributed by atoms with E-state index < -0.39 is 17.2 Å². The first-order chi connectivity index (χ1) is 13.5. The highest BCUT2D eigenvalue weighted by Gasteiger charge is 2.07. The maximum atomic E-state index is 12.0. The van der Waals surface area contributed by atoms with Crippen LogP contribution in [0.4, 0.5) is 21.9 Å². The maximum absolute atomic E-state index is 12.0. The van der Waals surface area contributed by atoms with E-state index in [1.807, 2.05) is 18.2 Å². The normalized spacial score (nSPS) is 10.1. The summed E-state index contributed by atoms with van der Waals surface area (Å²) < 4.78 is 1.08. The highest BCUT2D eigenvalue weighted by atomic mass is 16.2. The first kappa shape index (κ1) is 18.6. The van der Waals surface area contributed by atoms with Crippen molar-refractivity contribution in [3.8, 4) is 0 Å². The second kappa shape index (κ2) is 8.49. The van der Waals surface area contributed by atoms with Crippen LogP contribution in [0.2, 0.25) is 0 Å².